The van der Waals surface area contributed by atoms with Gasteiger partial charge in [-0.3, -0.25) is 14.6 Å². The zero-order valence-electron chi connectivity index (χ0n) is 16.0. The van der Waals surface area contributed by atoms with Gasteiger partial charge in [0.1, 0.15) is 5.54 Å². The third-order valence-corrected chi connectivity index (χ3v) is 8.40. The first-order chi connectivity index (χ1) is 13.2. The zero-order chi connectivity index (χ0) is 20.0. The number of rotatable bonds is 3. The van der Waals surface area contributed by atoms with Crippen LogP contribution >= 0.6 is 23.2 Å². The van der Waals surface area contributed by atoms with Gasteiger partial charge in [0.15, 0.2) is 0 Å². The lowest BCUT2D eigenvalue weighted by Gasteiger charge is -2.67. The van der Waals surface area contributed by atoms with Crippen molar-refractivity contribution >= 4 is 40.8 Å². The molecule has 4 saturated carbocycles. The molecule has 1 N–H and O–H groups in total. The Labute approximate surface area is 174 Å². The molecule has 0 radical (unpaired) electrons. The summed E-state index contributed by atoms with van der Waals surface area (Å²) in [5, 5.41) is 14.7. The summed E-state index contributed by atoms with van der Waals surface area (Å²) in [6, 6.07) is 5.52. The van der Waals surface area contributed by atoms with Gasteiger partial charge >= 0.3 is 5.97 Å². The molecule has 1 saturated heterocycles. The Kier molecular flexibility index (Phi) is 3.84. The van der Waals surface area contributed by atoms with Crippen LogP contribution in [0.2, 0.25) is 10.0 Å². The van der Waals surface area contributed by atoms with Gasteiger partial charge in [-0.25, -0.2) is 5.01 Å². The largest absolute Gasteiger partial charge is 0.481 e. The smallest absolute Gasteiger partial charge is 0.309 e. The number of aliphatic carboxylic acids is 1. The Morgan fingerprint density at radius 3 is 2.39 bits per heavy atom. The molecule has 5 aliphatic rings. The van der Waals surface area contributed by atoms with Crippen molar-refractivity contribution in [2.75, 3.05) is 5.01 Å². The molecule has 4 aliphatic carbocycles. The van der Waals surface area contributed by atoms with Gasteiger partial charge < -0.3 is 5.11 Å². The lowest BCUT2D eigenvalue weighted by molar-refractivity contribution is -0.187. The predicted octanol–water partition coefficient (Wildman–Crippen LogP) is 4.62. The Morgan fingerprint density at radius 1 is 1.14 bits per heavy atom. The van der Waals surface area contributed by atoms with E-state index in [0.717, 1.165) is 24.9 Å². The summed E-state index contributed by atoms with van der Waals surface area (Å²) in [5.41, 5.74) is -0.553. The Balaban J connectivity index is 1.53. The highest BCUT2D eigenvalue weighted by atomic mass is 35.5. The van der Waals surface area contributed by atoms with Crippen LogP contribution in [-0.2, 0) is 9.59 Å². The first-order valence-corrected chi connectivity index (χ1v) is 10.7. The maximum Gasteiger partial charge on any atom is 0.309 e. The molecule has 1 heterocycles. The number of hydrogen-bond acceptors (Lipinski definition) is 3. The molecule has 28 heavy (non-hydrogen) atoms. The predicted molar refractivity (Wildman–Crippen MR) is 107 cm³/mol. The van der Waals surface area contributed by atoms with E-state index in [1.807, 2.05) is 36.0 Å². The van der Waals surface area contributed by atoms with Crippen LogP contribution < -0.4 is 5.01 Å². The van der Waals surface area contributed by atoms with Crippen LogP contribution in [0.1, 0.15) is 46.0 Å². The summed E-state index contributed by atoms with van der Waals surface area (Å²) in [6.07, 6.45) is 4.16. The highest BCUT2D eigenvalue weighted by Gasteiger charge is 2.65. The van der Waals surface area contributed by atoms with Crippen molar-refractivity contribution in [2.24, 2.45) is 23.2 Å². The molecular formula is C21H24Cl2N2O3. The normalized spacial score (nSPS) is 37.9. The van der Waals surface area contributed by atoms with Crippen LogP contribution in [0.5, 0.6) is 0 Å². The SMILES string of the molecule is CC1(C)C(=O)N(C2C3CC4CC2CC(C(=O)O)(C4)C3)N1c1cccc(Cl)c1Cl. The second-order valence-electron chi connectivity index (χ2n) is 9.64. The second-order valence-corrected chi connectivity index (χ2v) is 10.4. The van der Waals surface area contributed by atoms with Gasteiger partial charge in [-0.05, 0) is 75.8 Å². The standard InChI is InChI=1S/C21H24Cl2N2O3/c1-20(2)18(26)24(25(20)15-5-3-4-14(22)16(15)23)17-12-6-11-7-13(17)10-21(8-11,9-12)19(27)28/h3-5,11-13,17H,6-10H2,1-2H3,(H,27,28). The van der Waals surface area contributed by atoms with Crippen molar-refractivity contribution in [3.8, 4) is 0 Å². The summed E-state index contributed by atoms with van der Waals surface area (Å²) < 4.78 is 0. The van der Waals surface area contributed by atoms with E-state index in [9.17, 15) is 14.7 Å². The molecule has 1 amide bonds. The molecule has 150 valence electrons. The minimum atomic E-state index is -0.701. The summed E-state index contributed by atoms with van der Waals surface area (Å²) in [5.74, 6) is 0.337. The minimum absolute atomic E-state index is 0.0413. The Hall–Kier alpha value is -1.46. The number of anilines is 1. The third-order valence-electron chi connectivity index (χ3n) is 7.60. The molecule has 1 aromatic carbocycles. The number of carbonyl (C=O) groups excluding carboxylic acids is 1. The van der Waals surface area contributed by atoms with Gasteiger partial charge in [-0.1, -0.05) is 29.3 Å². The summed E-state index contributed by atoms with van der Waals surface area (Å²) in [6.45, 7) is 3.80. The van der Waals surface area contributed by atoms with E-state index in [4.69, 9.17) is 23.2 Å². The fourth-order valence-electron chi connectivity index (χ4n) is 6.69. The van der Waals surface area contributed by atoms with Gasteiger partial charge in [0.25, 0.3) is 5.91 Å². The lowest BCUT2D eigenvalue weighted by Crippen LogP contribution is -2.80. The summed E-state index contributed by atoms with van der Waals surface area (Å²) in [7, 11) is 0. The van der Waals surface area contributed by atoms with Crippen LogP contribution in [0.15, 0.2) is 18.2 Å². The molecule has 7 heteroatoms. The van der Waals surface area contributed by atoms with Crippen LogP contribution in [0.25, 0.3) is 0 Å². The highest BCUT2D eigenvalue weighted by molar-refractivity contribution is 6.43. The third kappa shape index (κ3) is 2.26. The number of carboxylic acid groups (broad SMARTS) is 1. The topological polar surface area (TPSA) is 60.9 Å². The highest BCUT2D eigenvalue weighted by Crippen LogP contribution is 2.62. The van der Waals surface area contributed by atoms with E-state index < -0.39 is 16.9 Å². The number of benzene rings is 1. The fourth-order valence-corrected chi connectivity index (χ4v) is 7.06. The number of hydrogen-bond donors (Lipinski definition) is 1. The van der Waals surface area contributed by atoms with Gasteiger partial charge in [0.2, 0.25) is 0 Å². The van der Waals surface area contributed by atoms with Gasteiger partial charge in [0, 0.05) is 0 Å². The Bertz CT molecular complexity index is 870. The molecule has 1 aromatic rings. The van der Waals surface area contributed by atoms with E-state index in [1.54, 1.807) is 6.07 Å². The van der Waals surface area contributed by atoms with Gasteiger partial charge in [-0.2, -0.15) is 0 Å². The molecule has 6 rings (SSSR count). The Morgan fingerprint density at radius 2 is 1.79 bits per heavy atom. The molecule has 0 aromatic heterocycles. The van der Waals surface area contributed by atoms with Crippen molar-refractivity contribution < 1.29 is 14.7 Å². The van der Waals surface area contributed by atoms with E-state index in [0.29, 0.717) is 28.8 Å². The van der Waals surface area contributed by atoms with Gasteiger partial charge in [0.05, 0.1) is 27.2 Å². The van der Waals surface area contributed by atoms with Crippen LogP contribution in [0.3, 0.4) is 0 Å². The van der Waals surface area contributed by atoms with Crippen molar-refractivity contribution in [2.45, 2.75) is 57.5 Å². The van der Waals surface area contributed by atoms with Crippen molar-refractivity contribution in [1.29, 1.82) is 0 Å². The first kappa shape index (κ1) is 18.6. The first-order valence-electron chi connectivity index (χ1n) is 9.97. The van der Waals surface area contributed by atoms with Crippen molar-refractivity contribution in [3.63, 3.8) is 0 Å². The molecule has 5 fully saturated rings. The maximum atomic E-state index is 13.2. The van der Waals surface area contributed by atoms with Crippen LogP contribution in [0.4, 0.5) is 5.69 Å². The minimum Gasteiger partial charge on any atom is -0.481 e. The van der Waals surface area contributed by atoms with Crippen LogP contribution in [-0.4, -0.2) is 33.6 Å². The average Bonchev–Trinajstić information content (AvgIpc) is 2.62. The zero-order valence-corrected chi connectivity index (χ0v) is 17.5. The summed E-state index contributed by atoms with van der Waals surface area (Å²) in [4.78, 5) is 25.2. The molecule has 4 bridgehead atoms. The van der Waals surface area contributed by atoms with Crippen LogP contribution in [0, 0.1) is 23.2 Å². The number of amides is 1. The number of carboxylic acids is 1. The van der Waals surface area contributed by atoms with Crippen molar-refractivity contribution in [3.05, 3.63) is 28.2 Å². The van der Waals surface area contributed by atoms with E-state index in [-0.39, 0.29) is 23.8 Å². The van der Waals surface area contributed by atoms with E-state index in [2.05, 4.69) is 0 Å². The molecule has 0 spiro atoms. The van der Waals surface area contributed by atoms with E-state index >= 15 is 0 Å². The molecule has 5 nitrogen and oxygen atoms in total. The lowest BCUT2D eigenvalue weighted by atomic mass is 9.47. The molecular weight excluding hydrogens is 399 g/mol. The molecule has 1 aliphatic heterocycles. The number of carbonyl (C=O) groups is 2. The number of nitrogens with zero attached hydrogens (tertiary/aromatic N) is 2. The van der Waals surface area contributed by atoms with E-state index in [1.165, 1.54) is 0 Å². The quantitative estimate of drug-likeness (QED) is 0.771. The summed E-state index contributed by atoms with van der Waals surface area (Å²) >= 11 is 12.8. The second kappa shape index (κ2) is 5.79. The fraction of sp³-hybridized carbons (Fsp3) is 0.619. The molecule has 2 unspecified atom stereocenters. The molecule has 2 atom stereocenters. The van der Waals surface area contributed by atoms with Gasteiger partial charge in [-0.15, -0.1) is 0 Å². The number of hydrazine groups is 1. The number of halogens is 2. The monoisotopic (exact) mass is 422 g/mol. The average molecular weight is 423 g/mol. The van der Waals surface area contributed by atoms with Crippen molar-refractivity contribution in [1.82, 2.24) is 5.01 Å². The maximum absolute atomic E-state index is 13.2.